The lowest BCUT2D eigenvalue weighted by Gasteiger charge is -2.21. The van der Waals surface area contributed by atoms with Crippen LogP contribution in [0.15, 0.2) is 12.2 Å². The molecule has 0 aromatic carbocycles. The van der Waals surface area contributed by atoms with E-state index in [2.05, 4.69) is 6.08 Å². The summed E-state index contributed by atoms with van der Waals surface area (Å²) in [5, 5.41) is 8.94. The van der Waals surface area contributed by atoms with Crippen molar-refractivity contribution in [1.29, 1.82) is 0 Å². The first kappa shape index (κ1) is 8.75. The topological polar surface area (TPSA) is 46.5 Å². The maximum atomic E-state index is 11.6. The first-order valence-corrected chi connectivity index (χ1v) is 4.71. The Morgan fingerprint density at radius 1 is 1.77 bits per heavy atom. The lowest BCUT2D eigenvalue weighted by Crippen LogP contribution is -2.29. The second-order valence-electron chi connectivity index (χ2n) is 4.02. The second kappa shape index (κ2) is 2.84. The quantitative estimate of drug-likeness (QED) is 0.397. The number of carbonyl (C=O) groups is 1. The highest BCUT2D eigenvalue weighted by Gasteiger charge is 2.47. The van der Waals surface area contributed by atoms with E-state index in [0.717, 1.165) is 19.3 Å². The molecular formula is C10H14O3. The molecule has 0 spiro atoms. The van der Waals surface area contributed by atoms with E-state index >= 15 is 0 Å². The maximum absolute atomic E-state index is 11.6. The third-order valence-electron chi connectivity index (χ3n) is 2.96. The highest BCUT2D eigenvalue weighted by atomic mass is 16.6. The number of hydrogen-bond acceptors (Lipinski definition) is 3. The van der Waals surface area contributed by atoms with E-state index in [-0.39, 0.29) is 5.97 Å². The minimum Gasteiger partial charge on any atom is -0.436 e. The molecule has 1 N–H and O–H groups in total. The highest BCUT2D eigenvalue weighted by molar-refractivity contribution is 5.80. The number of ether oxygens (including phenoxy) is 1. The molecule has 1 fully saturated rings. The van der Waals surface area contributed by atoms with E-state index in [1.165, 1.54) is 6.92 Å². The van der Waals surface area contributed by atoms with Crippen molar-refractivity contribution in [2.24, 2.45) is 11.3 Å². The normalized spacial score (nSPS) is 37.8. The molecule has 0 amide bonds. The first-order chi connectivity index (χ1) is 6.12. The van der Waals surface area contributed by atoms with Gasteiger partial charge < -0.3 is 9.84 Å². The molecular weight excluding hydrogens is 168 g/mol. The SMILES string of the molecule is CC(O)OC(=O)C12C=CC(CC1)C2. The van der Waals surface area contributed by atoms with Crippen molar-refractivity contribution in [2.45, 2.75) is 32.5 Å². The number of aliphatic hydroxyl groups excluding tert-OH is 1. The van der Waals surface area contributed by atoms with Crippen LogP contribution in [-0.2, 0) is 9.53 Å². The molecule has 0 aromatic heterocycles. The van der Waals surface area contributed by atoms with Gasteiger partial charge in [-0.05, 0) is 32.1 Å². The summed E-state index contributed by atoms with van der Waals surface area (Å²) >= 11 is 0. The van der Waals surface area contributed by atoms with Crippen LogP contribution in [0.2, 0.25) is 0 Å². The van der Waals surface area contributed by atoms with Crippen molar-refractivity contribution in [2.75, 3.05) is 0 Å². The van der Waals surface area contributed by atoms with Crippen molar-refractivity contribution < 1.29 is 14.6 Å². The summed E-state index contributed by atoms with van der Waals surface area (Å²) in [5.41, 5.74) is -0.401. The zero-order valence-electron chi connectivity index (χ0n) is 7.69. The number of rotatable bonds is 2. The second-order valence-corrected chi connectivity index (χ2v) is 4.02. The van der Waals surface area contributed by atoms with Crippen LogP contribution in [0.5, 0.6) is 0 Å². The minimum atomic E-state index is -0.991. The van der Waals surface area contributed by atoms with Crippen LogP contribution in [0.1, 0.15) is 26.2 Å². The largest absolute Gasteiger partial charge is 0.436 e. The molecule has 3 atom stereocenters. The Labute approximate surface area is 77.4 Å². The van der Waals surface area contributed by atoms with Gasteiger partial charge >= 0.3 is 5.97 Å². The number of esters is 1. The zero-order valence-corrected chi connectivity index (χ0v) is 7.69. The molecule has 72 valence electrons. The monoisotopic (exact) mass is 182 g/mol. The van der Waals surface area contributed by atoms with Crippen molar-refractivity contribution in [3.8, 4) is 0 Å². The lowest BCUT2D eigenvalue weighted by atomic mass is 9.88. The molecule has 0 aromatic rings. The Morgan fingerprint density at radius 2 is 2.54 bits per heavy atom. The average Bonchev–Trinajstić information content (AvgIpc) is 2.62. The van der Waals surface area contributed by atoms with Crippen LogP contribution in [0, 0.1) is 11.3 Å². The number of allylic oxidation sites excluding steroid dienone is 1. The van der Waals surface area contributed by atoms with Crippen LogP contribution in [0.25, 0.3) is 0 Å². The molecule has 2 rings (SSSR count). The predicted molar refractivity (Wildman–Crippen MR) is 46.7 cm³/mol. The Hall–Kier alpha value is -0.830. The van der Waals surface area contributed by atoms with Crippen LogP contribution >= 0.6 is 0 Å². The van der Waals surface area contributed by atoms with Gasteiger partial charge in [0.15, 0.2) is 6.29 Å². The van der Waals surface area contributed by atoms with E-state index in [1.54, 1.807) is 0 Å². The molecule has 3 unspecified atom stereocenters. The Morgan fingerprint density at radius 3 is 2.92 bits per heavy atom. The van der Waals surface area contributed by atoms with Gasteiger partial charge in [0.25, 0.3) is 0 Å². The molecule has 0 radical (unpaired) electrons. The zero-order chi connectivity index (χ0) is 9.47. The van der Waals surface area contributed by atoms with E-state index in [0.29, 0.717) is 5.92 Å². The van der Waals surface area contributed by atoms with Crippen molar-refractivity contribution >= 4 is 5.97 Å². The van der Waals surface area contributed by atoms with Gasteiger partial charge in [0.2, 0.25) is 0 Å². The lowest BCUT2D eigenvalue weighted by molar-refractivity contribution is -0.173. The number of carbonyl (C=O) groups excluding carboxylic acids is 1. The molecule has 2 bridgehead atoms. The smallest absolute Gasteiger partial charge is 0.318 e. The summed E-state index contributed by atoms with van der Waals surface area (Å²) in [6.07, 6.45) is 5.87. The van der Waals surface area contributed by atoms with Gasteiger partial charge in [-0.1, -0.05) is 12.2 Å². The minimum absolute atomic E-state index is 0.265. The Kier molecular flexibility index (Phi) is 1.91. The maximum Gasteiger partial charge on any atom is 0.318 e. The van der Waals surface area contributed by atoms with Gasteiger partial charge in [0.1, 0.15) is 0 Å². The summed E-state index contributed by atoms with van der Waals surface area (Å²) < 4.78 is 4.82. The van der Waals surface area contributed by atoms with Gasteiger partial charge in [-0.2, -0.15) is 0 Å². The van der Waals surface area contributed by atoms with Crippen LogP contribution in [0.3, 0.4) is 0 Å². The third-order valence-corrected chi connectivity index (χ3v) is 2.96. The first-order valence-electron chi connectivity index (χ1n) is 4.71. The summed E-state index contributed by atoms with van der Waals surface area (Å²) in [6.45, 7) is 1.46. The molecule has 0 aliphatic heterocycles. The van der Waals surface area contributed by atoms with Crippen LogP contribution in [0.4, 0.5) is 0 Å². The van der Waals surface area contributed by atoms with Gasteiger partial charge in [0, 0.05) is 0 Å². The third kappa shape index (κ3) is 1.37. The standard InChI is InChI=1S/C10H14O3/c1-7(11)13-9(12)10-4-2-8(6-10)3-5-10/h2,4,7-8,11H,3,5-6H2,1H3. The number of aliphatic hydroxyl groups is 1. The van der Waals surface area contributed by atoms with E-state index in [4.69, 9.17) is 9.84 Å². The number of fused-ring (bicyclic) bond motifs is 2. The summed E-state index contributed by atoms with van der Waals surface area (Å²) in [7, 11) is 0. The van der Waals surface area contributed by atoms with E-state index in [1.807, 2.05) is 6.08 Å². The summed E-state index contributed by atoms with van der Waals surface area (Å²) in [6, 6.07) is 0. The number of hydrogen-bond donors (Lipinski definition) is 1. The van der Waals surface area contributed by atoms with Crippen molar-refractivity contribution in [1.82, 2.24) is 0 Å². The fraction of sp³-hybridized carbons (Fsp3) is 0.700. The highest BCUT2D eigenvalue weighted by Crippen LogP contribution is 2.49. The Balaban J connectivity index is 2.08. The van der Waals surface area contributed by atoms with Crippen LogP contribution < -0.4 is 0 Å². The van der Waals surface area contributed by atoms with Crippen molar-refractivity contribution in [3.05, 3.63) is 12.2 Å². The molecule has 3 nitrogen and oxygen atoms in total. The van der Waals surface area contributed by atoms with Gasteiger partial charge in [-0.25, -0.2) is 0 Å². The molecule has 2 aliphatic rings. The van der Waals surface area contributed by atoms with Gasteiger partial charge in [0.05, 0.1) is 5.41 Å². The van der Waals surface area contributed by atoms with Crippen molar-refractivity contribution in [3.63, 3.8) is 0 Å². The molecule has 0 saturated heterocycles. The average molecular weight is 182 g/mol. The molecule has 0 heterocycles. The van der Waals surface area contributed by atoms with Crippen LogP contribution in [-0.4, -0.2) is 17.4 Å². The van der Waals surface area contributed by atoms with Gasteiger partial charge in [-0.3, -0.25) is 4.79 Å². The molecule has 3 heteroatoms. The summed E-state index contributed by atoms with van der Waals surface area (Å²) in [4.78, 5) is 11.6. The van der Waals surface area contributed by atoms with E-state index in [9.17, 15) is 4.79 Å². The Bertz CT molecular complexity index is 257. The molecule has 1 saturated carbocycles. The predicted octanol–water partition coefficient (Wildman–Crippen LogP) is 1.22. The fourth-order valence-electron chi connectivity index (χ4n) is 2.28. The van der Waals surface area contributed by atoms with Gasteiger partial charge in [-0.15, -0.1) is 0 Å². The van der Waals surface area contributed by atoms with E-state index < -0.39 is 11.7 Å². The fourth-order valence-corrected chi connectivity index (χ4v) is 2.28. The molecule has 2 aliphatic carbocycles. The summed E-state index contributed by atoms with van der Waals surface area (Å²) in [5.74, 6) is 0.292. The molecule has 13 heavy (non-hydrogen) atoms.